The molecule has 0 radical (unpaired) electrons. The van der Waals surface area contributed by atoms with Crippen LogP contribution in [0.3, 0.4) is 0 Å². The van der Waals surface area contributed by atoms with E-state index < -0.39 is 0 Å². The van der Waals surface area contributed by atoms with E-state index in [2.05, 4.69) is 27.4 Å². The summed E-state index contributed by atoms with van der Waals surface area (Å²) in [4.78, 5) is 10.4. The first kappa shape index (κ1) is 9.75. The van der Waals surface area contributed by atoms with Crippen LogP contribution in [-0.2, 0) is 9.78 Å². The topological polar surface area (TPSA) is 18.5 Å². The third-order valence-corrected chi connectivity index (χ3v) is 2.18. The van der Waals surface area contributed by atoms with E-state index in [4.69, 9.17) is 9.78 Å². The molecular weight excluding hydrogens is 152 g/mol. The summed E-state index contributed by atoms with van der Waals surface area (Å²) in [6.07, 6.45) is 4.18. The van der Waals surface area contributed by atoms with Crippen LogP contribution < -0.4 is 0 Å². The van der Waals surface area contributed by atoms with Crippen molar-refractivity contribution in [1.29, 1.82) is 0 Å². The lowest BCUT2D eigenvalue weighted by molar-refractivity contribution is -0.308. The van der Waals surface area contributed by atoms with Gasteiger partial charge in [-0.1, -0.05) is 26.8 Å². The normalized spacial score (nSPS) is 30.6. The van der Waals surface area contributed by atoms with E-state index in [1.807, 2.05) is 6.08 Å². The smallest absolute Gasteiger partial charge is 0.100 e. The molecule has 0 aromatic heterocycles. The maximum Gasteiger partial charge on any atom is 0.100 e. The average molecular weight is 170 g/mol. The third kappa shape index (κ3) is 2.32. The Labute approximate surface area is 74.5 Å². The van der Waals surface area contributed by atoms with E-state index in [9.17, 15) is 0 Å². The Hall–Kier alpha value is -0.340. The van der Waals surface area contributed by atoms with E-state index in [-0.39, 0.29) is 17.6 Å². The first-order chi connectivity index (χ1) is 5.54. The number of rotatable bonds is 2. The zero-order chi connectivity index (χ0) is 9.19. The highest BCUT2D eigenvalue weighted by Gasteiger charge is 2.35. The first-order valence-corrected chi connectivity index (χ1v) is 4.47. The molecule has 0 N–H and O–H groups in total. The molecule has 0 bridgehead atoms. The van der Waals surface area contributed by atoms with E-state index in [0.29, 0.717) is 0 Å². The second-order valence-corrected chi connectivity index (χ2v) is 4.43. The molecule has 1 saturated heterocycles. The highest BCUT2D eigenvalue weighted by molar-refractivity contribution is 4.83. The van der Waals surface area contributed by atoms with Crippen LogP contribution in [0, 0.1) is 5.41 Å². The van der Waals surface area contributed by atoms with Gasteiger partial charge in [-0.15, -0.1) is 6.58 Å². The lowest BCUT2D eigenvalue weighted by Gasteiger charge is -2.23. The van der Waals surface area contributed by atoms with Crippen molar-refractivity contribution in [3.8, 4) is 0 Å². The molecule has 2 unspecified atom stereocenters. The van der Waals surface area contributed by atoms with Gasteiger partial charge in [-0.05, 0) is 11.8 Å². The number of hydrogen-bond donors (Lipinski definition) is 0. The lowest BCUT2D eigenvalue weighted by atomic mass is 9.86. The molecule has 0 aliphatic carbocycles. The van der Waals surface area contributed by atoms with Crippen molar-refractivity contribution in [3.05, 3.63) is 12.7 Å². The molecule has 0 aromatic rings. The molecule has 0 spiro atoms. The first-order valence-electron chi connectivity index (χ1n) is 4.47. The predicted molar refractivity (Wildman–Crippen MR) is 48.6 cm³/mol. The van der Waals surface area contributed by atoms with Gasteiger partial charge in [0.05, 0.1) is 6.10 Å². The van der Waals surface area contributed by atoms with Crippen LogP contribution in [0.1, 0.15) is 33.6 Å². The Morgan fingerprint density at radius 1 is 1.42 bits per heavy atom. The van der Waals surface area contributed by atoms with Gasteiger partial charge >= 0.3 is 0 Å². The van der Waals surface area contributed by atoms with E-state index in [1.165, 1.54) is 0 Å². The highest BCUT2D eigenvalue weighted by Crippen LogP contribution is 2.32. The second kappa shape index (κ2) is 3.58. The predicted octanol–water partition coefficient (Wildman–Crippen LogP) is 2.70. The molecule has 2 heteroatoms. The van der Waals surface area contributed by atoms with Crippen molar-refractivity contribution in [3.63, 3.8) is 0 Å². The molecule has 2 atom stereocenters. The molecule has 0 aromatic carbocycles. The van der Waals surface area contributed by atoms with Crippen LogP contribution in [0.15, 0.2) is 12.7 Å². The highest BCUT2D eigenvalue weighted by atomic mass is 17.2. The molecule has 2 nitrogen and oxygen atoms in total. The van der Waals surface area contributed by atoms with Crippen molar-refractivity contribution < 1.29 is 9.78 Å². The van der Waals surface area contributed by atoms with Crippen molar-refractivity contribution in [1.82, 2.24) is 0 Å². The molecular formula is C10H18O2. The molecule has 70 valence electrons. The van der Waals surface area contributed by atoms with Crippen LogP contribution in [0.25, 0.3) is 0 Å². The summed E-state index contributed by atoms with van der Waals surface area (Å²) in [6, 6.07) is 0. The molecule has 1 heterocycles. The van der Waals surface area contributed by atoms with Crippen LogP contribution in [0.2, 0.25) is 0 Å². The summed E-state index contributed by atoms with van der Waals surface area (Å²) in [6.45, 7) is 10.2. The standard InChI is InChI=1S/C10H18O2/c1-5-6-8-7-9(12-11-8)10(2,3)4/h5,8-9H,1,6-7H2,2-4H3. The van der Waals surface area contributed by atoms with Gasteiger partial charge in [-0.25, -0.2) is 9.78 Å². The molecule has 0 amide bonds. The third-order valence-electron chi connectivity index (χ3n) is 2.18. The van der Waals surface area contributed by atoms with Gasteiger partial charge in [0.25, 0.3) is 0 Å². The average Bonchev–Trinajstić information content (AvgIpc) is 2.35. The molecule has 12 heavy (non-hydrogen) atoms. The minimum absolute atomic E-state index is 0.177. The lowest BCUT2D eigenvalue weighted by Crippen LogP contribution is -2.25. The molecule has 1 rings (SSSR count). The largest absolute Gasteiger partial charge is 0.233 e. The molecule has 1 fully saturated rings. The van der Waals surface area contributed by atoms with Crippen molar-refractivity contribution in [2.24, 2.45) is 5.41 Å². The van der Waals surface area contributed by atoms with E-state index in [0.717, 1.165) is 12.8 Å². The van der Waals surface area contributed by atoms with Crippen LogP contribution >= 0.6 is 0 Å². The van der Waals surface area contributed by atoms with Gasteiger partial charge in [0, 0.05) is 6.42 Å². The fraction of sp³-hybridized carbons (Fsp3) is 0.800. The Balaban J connectivity index is 2.40. The van der Waals surface area contributed by atoms with Gasteiger partial charge in [0.1, 0.15) is 6.10 Å². The Morgan fingerprint density at radius 3 is 2.50 bits per heavy atom. The summed E-state index contributed by atoms with van der Waals surface area (Å²) >= 11 is 0. The summed E-state index contributed by atoms with van der Waals surface area (Å²) in [5.74, 6) is 0. The fourth-order valence-electron chi connectivity index (χ4n) is 1.28. The van der Waals surface area contributed by atoms with Gasteiger partial charge in [0.2, 0.25) is 0 Å². The Kier molecular flexibility index (Phi) is 2.91. The van der Waals surface area contributed by atoms with E-state index >= 15 is 0 Å². The summed E-state index contributed by atoms with van der Waals surface area (Å²) < 4.78 is 0. The fourth-order valence-corrected chi connectivity index (χ4v) is 1.28. The maximum atomic E-state index is 5.23. The van der Waals surface area contributed by atoms with Crippen molar-refractivity contribution in [2.45, 2.75) is 45.8 Å². The molecule has 1 aliphatic heterocycles. The maximum absolute atomic E-state index is 5.23. The summed E-state index contributed by atoms with van der Waals surface area (Å²) in [7, 11) is 0. The SMILES string of the molecule is C=CCC1CC(C(C)(C)C)OO1. The van der Waals surface area contributed by atoms with E-state index in [1.54, 1.807) is 0 Å². The minimum atomic E-state index is 0.177. The van der Waals surface area contributed by atoms with Gasteiger partial charge in [-0.2, -0.15) is 0 Å². The summed E-state index contributed by atoms with van der Waals surface area (Å²) in [5.41, 5.74) is 0.177. The minimum Gasteiger partial charge on any atom is -0.233 e. The van der Waals surface area contributed by atoms with Crippen LogP contribution in [0.4, 0.5) is 0 Å². The Bertz CT molecular complexity index is 158. The van der Waals surface area contributed by atoms with Crippen molar-refractivity contribution >= 4 is 0 Å². The molecule has 0 saturated carbocycles. The van der Waals surface area contributed by atoms with Crippen LogP contribution in [-0.4, -0.2) is 12.2 Å². The Morgan fingerprint density at radius 2 is 2.08 bits per heavy atom. The van der Waals surface area contributed by atoms with Crippen LogP contribution in [0.5, 0.6) is 0 Å². The number of hydrogen-bond acceptors (Lipinski definition) is 2. The second-order valence-electron chi connectivity index (χ2n) is 4.43. The van der Waals surface area contributed by atoms with Gasteiger partial charge in [-0.3, -0.25) is 0 Å². The summed E-state index contributed by atoms with van der Waals surface area (Å²) in [5, 5.41) is 0. The van der Waals surface area contributed by atoms with Crippen molar-refractivity contribution in [2.75, 3.05) is 0 Å². The molecule has 1 aliphatic rings. The zero-order valence-electron chi connectivity index (χ0n) is 8.17. The quantitative estimate of drug-likeness (QED) is 0.468. The monoisotopic (exact) mass is 170 g/mol. The van der Waals surface area contributed by atoms with Gasteiger partial charge in [0.15, 0.2) is 0 Å². The zero-order valence-corrected chi connectivity index (χ0v) is 8.17. The van der Waals surface area contributed by atoms with Gasteiger partial charge < -0.3 is 0 Å².